The van der Waals surface area contributed by atoms with Crippen molar-refractivity contribution in [3.63, 3.8) is 0 Å². The van der Waals surface area contributed by atoms with Gasteiger partial charge in [0.2, 0.25) is 0 Å². The van der Waals surface area contributed by atoms with Crippen molar-refractivity contribution in [2.24, 2.45) is 0 Å². The fourth-order valence-corrected chi connectivity index (χ4v) is 2.29. The van der Waals surface area contributed by atoms with Gasteiger partial charge in [-0.15, -0.1) is 0 Å². The molecule has 0 fully saturated rings. The zero-order chi connectivity index (χ0) is 17.4. The summed E-state index contributed by atoms with van der Waals surface area (Å²) in [4.78, 5) is 23.9. The second-order valence-electron chi connectivity index (χ2n) is 5.38. The van der Waals surface area contributed by atoms with Crippen LogP contribution in [0.3, 0.4) is 0 Å². The molecule has 126 valence electrons. The molecular weight excluding hydrogens is 292 g/mol. The van der Waals surface area contributed by atoms with Crippen molar-refractivity contribution in [1.29, 1.82) is 5.41 Å². The van der Waals surface area contributed by atoms with Crippen molar-refractivity contribution in [1.82, 2.24) is 10.2 Å². The van der Waals surface area contributed by atoms with E-state index in [4.69, 9.17) is 5.41 Å². The van der Waals surface area contributed by atoms with Gasteiger partial charge in [-0.3, -0.25) is 10.3 Å². The van der Waals surface area contributed by atoms with Crippen molar-refractivity contribution in [2.45, 2.75) is 32.6 Å². The first-order valence-corrected chi connectivity index (χ1v) is 7.83. The van der Waals surface area contributed by atoms with Gasteiger partial charge < -0.3 is 15.4 Å². The lowest BCUT2D eigenvalue weighted by molar-refractivity contribution is -0.107. The molecule has 0 saturated heterocycles. The van der Waals surface area contributed by atoms with Gasteiger partial charge in [-0.05, 0) is 30.0 Å². The van der Waals surface area contributed by atoms with Crippen LogP contribution in [-0.4, -0.2) is 43.7 Å². The van der Waals surface area contributed by atoms with Gasteiger partial charge in [-0.25, -0.2) is 4.79 Å². The maximum absolute atomic E-state index is 12.0. The lowest BCUT2D eigenvalue weighted by atomic mass is 9.96. The Morgan fingerprint density at radius 1 is 1.39 bits per heavy atom. The highest BCUT2D eigenvalue weighted by Crippen LogP contribution is 2.25. The largest absolute Gasteiger partial charge is 0.388 e. The molecule has 1 unspecified atom stereocenters. The Labute approximate surface area is 137 Å². The van der Waals surface area contributed by atoms with E-state index in [-0.39, 0.29) is 18.8 Å². The standard InChI is InChI=1S/C17H26N4O2/c1-5-12(2)13-7-8-14(15(11-13)19-3)16(18)21(9-6-10-22)17(23)20-4/h7-8,10-12,18-19H,5-6,9H2,1-4H3,(H,20,23). The van der Waals surface area contributed by atoms with Crippen LogP contribution in [0.1, 0.15) is 43.7 Å². The van der Waals surface area contributed by atoms with E-state index < -0.39 is 6.03 Å². The Morgan fingerprint density at radius 3 is 2.61 bits per heavy atom. The summed E-state index contributed by atoms with van der Waals surface area (Å²) in [6.07, 6.45) is 1.97. The number of rotatable bonds is 7. The van der Waals surface area contributed by atoms with E-state index in [1.807, 2.05) is 18.2 Å². The molecule has 0 spiro atoms. The number of carbonyl (C=O) groups excluding carboxylic acids is 2. The van der Waals surface area contributed by atoms with Crippen LogP contribution in [0.4, 0.5) is 10.5 Å². The van der Waals surface area contributed by atoms with Crippen LogP contribution >= 0.6 is 0 Å². The van der Waals surface area contributed by atoms with Crippen LogP contribution in [0.2, 0.25) is 0 Å². The molecule has 0 saturated carbocycles. The van der Waals surface area contributed by atoms with E-state index in [9.17, 15) is 9.59 Å². The topological polar surface area (TPSA) is 85.3 Å². The third-order valence-corrected chi connectivity index (χ3v) is 3.95. The Bertz CT molecular complexity index is 572. The van der Waals surface area contributed by atoms with Crippen LogP contribution in [-0.2, 0) is 4.79 Å². The van der Waals surface area contributed by atoms with Crippen LogP contribution in [0.5, 0.6) is 0 Å². The molecule has 6 nitrogen and oxygen atoms in total. The molecule has 1 atom stereocenters. The van der Waals surface area contributed by atoms with E-state index in [0.717, 1.165) is 18.4 Å². The maximum atomic E-state index is 12.0. The highest BCUT2D eigenvalue weighted by Gasteiger charge is 2.21. The van der Waals surface area contributed by atoms with Gasteiger partial charge in [0.25, 0.3) is 0 Å². The molecule has 0 bridgehead atoms. The molecule has 0 aliphatic carbocycles. The number of anilines is 1. The second-order valence-corrected chi connectivity index (χ2v) is 5.38. The summed E-state index contributed by atoms with van der Waals surface area (Å²) in [5, 5.41) is 14.0. The molecule has 23 heavy (non-hydrogen) atoms. The number of carbonyl (C=O) groups is 2. The summed E-state index contributed by atoms with van der Waals surface area (Å²) in [5.74, 6) is 0.502. The predicted molar refractivity (Wildman–Crippen MR) is 93.4 cm³/mol. The number of urea groups is 1. The van der Waals surface area contributed by atoms with Crippen molar-refractivity contribution in [2.75, 3.05) is 26.0 Å². The number of nitrogens with one attached hydrogen (secondary N) is 3. The van der Waals surface area contributed by atoms with E-state index in [1.165, 1.54) is 17.5 Å². The number of benzene rings is 1. The quantitative estimate of drug-likeness (QED) is 0.410. The summed E-state index contributed by atoms with van der Waals surface area (Å²) in [6, 6.07) is 5.46. The first-order valence-electron chi connectivity index (χ1n) is 7.83. The van der Waals surface area contributed by atoms with Crippen molar-refractivity contribution in [3.05, 3.63) is 29.3 Å². The second kappa shape index (κ2) is 8.92. The summed E-state index contributed by atoms with van der Waals surface area (Å²) in [6.45, 7) is 4.46. The molecule has 0 aliphatic heterocycles. The highest BCUT2D eigenvalue weighted by molar-refractivity contribution is 6.09. The molecule has 6 heteroatoms. The minimum atomic E-state index is -0.398. The Hall–Kier alpha value is -2.37. The fourth-order valence-electron chi connectivity index (χ4n) is 2.29. The van der Waals surface area contributed by atoms with Gasteiger partial charge in [-0.2, -0.15) is 0 Å². The van der Waals surface area contributed by atoms with Crippen LogP contribution in [0, 0.1) is 5.41 Å². The lowest BCUT2D eigenvalue weighted by Crippen LogP contribution is -2.43. The number of amides is 2. The number of aldehydes is 1. The van der Waals surface area contributed by atoms with E-state index >= 15 is 0 Å². The van der Waals surface area contributed by atoms with Crippen molar-refractivity contribution in [3.8, 4) is 0 Å². The molecule has 0 aliphatic rings. The van der Waals surface area contributed by atoms with Gasteiger partial charge in [0.05, 0.1) is 0 Å². The molecular formula is C17H26N4O2. The van der Waals surface area contributed by atoms with Crippen LogP contribution in [0.15, 0.2) is 18.2 Å². The molecule has 3 N–H and O–H groups in total. The fraction of sp³-hybridized carbons (Fsp3) is 0.471. The van der Waals surface area contributed by atoms with Gasteiger partial charge in [0.15, 0.2) is 0 Å². The van der Waals surface area contributed by atoms with Crippen molar-refractivity contribution >= 4 is 23.8 Å². The lowest BCUT2D eigenvalue weighted by Gasteiger charge is -2.24. The normalized spacial score (nSPS) is 11.5. The third-order valence-electron chi connectivity index (χ3n) is 3.95. The average molecular weight is 318 g/mol. The summed E-state index contributed by atoms with van der Waals surface area (Å²) >= 11 is 0. The van der Waals surface area contributed by atoms with Crippen LogP contribution < -0.4 is 10.6 Å². The van der Waals surface area contributed by atoms with E-state index in [1.54, 1.807) is 7.05 Å². The first-order chi connectivity index (χ1) is 11.0. The Morgan fingerprint density at radius 2 is 2.09 bits per heavy atom. The SMILES string of the molecule is CCC(C)c1ccc(C(=N)N(CCC=O)C(=O)NC)c(NC)c1. The first kappa shape index (κ1) is 18.7. The third kappa shape index (κ3) is 4.55. The van der Waals surface area contributed by atoms with Gasteiger partial charge in [-0.1, -0.05) is 19.9 Å². The smallest absolute Gasteiger partial charge is 0.322 e. The monoisotopic (exact) mass is 318 g/mol. The molecule has 0 aromatic heterocycles. The summed E-state index contributed by atoms with van der Waals surface area (Å²) in [5.41, 5.74) is 2.62. The minimum Gasteiger partial charge on any atom is -0.388 e. The zero-order valence-electron chi connectivity index (χ0n) is 14.3. The van der Waals surface area contributed by atoms with Crippen molar-refractivity contribution < 1.29 is 9.59 Å². The molecule has 0 heterocycles. The molecule has 1 rings (SSSR count). The Kier molecular flexibility index (Phi) is 7.25. The molecule has 2 amide bonds. The Balaban J connectivity index is 3.17. The number of amidine groups is 1. The van der Waals surface area contributed by atoms with E-state index in [2.05, 4.69) is 24.5 Å². The maximum Gasteiger partial charge on any atom is 0.322 e. The number of hydrogen-bond donors (Lipinski definition) is 3. The predicted octanol–water partition coefficient (Wildman–Crippen LogP) is 2.80. The van der Waals surface area contributed by atoms with Gasteiger partial charge in [0, 0.05) is 38.3 Å². The van der Waals surface area contributed by atoms with Gasteiger partial charge >= 0.3 is 6.03 Å². The zero-order valence-corrected chi connectivity index (χ0v) is 14.3. The summed E-state index contributed by atoms with van der Waals surface area (Å²) < 4.78 is 0. The average Bonchev–Trinajstić information content (AvgIpc) is 2.59. The molecule has 1 aromatic rings. The molecule has 1 aromatic carbocycles. The van der Waals surface area contributed by atoms with Gasteiger partial charge in [0.1, 0.15) is 12.1 Å². The minimum absolute atomic E-state index is 0.0752. The number of hydrogen-bond acceptors (Lipinski definition) is 4. The van der Waals surface area contributed by atoms with Crippen LogP contribution in [0.25, 0.3) is 0 Å². The highest BCUT2D eigenvalue weighted by atomic mass is 16.2. The molecule has 0 radical (unpaired) electrons. The number of nitrogens with zero attached hydrogens (tertiary/aromatic N) is 1. The summed E-state index contributed by atoms with van der Waals surface area (Å²) in [7, 11) is 3.30. The van der Waals surface area contributed by atoms with E-state index in [0.29, 0.717) is 11.5 Å².